The number of benzene rings is 1. The van der Waals surface area contributed by atoms with Crippen LogP contribution >= 0.6 is 0 Å². The fourth-order valence-electron chi connectivity index (χ4n) is 4.00. The Morgan fingerprint density at radius 1 is 1.14 bits per heavy atom. The summed E-state index contributed by atoms with van der Waals surface area (Å²) >= 11 is 0. The van der Waals surface area contributed by atoms with Crippen LogP contribution in [0.2, 0.25) is 0 Å². The van der Waals surface area contributed by atoms with Gasteiger partial charge in [-0.2, -0.15) is 18.3 Å². The van der Waals surface area contributed by atoms with Gasteiger partial charge in [0.1, 0.15) is 5.75 Å². The van der Waals surface area contributed by atoms with Gasteiger partial charge in [0.25, 0.3) is 5.91 Å². The topological polar surface area (TPSA) is 81.5 Å². The molecule has 1 atom stereocenters. The van der Waals surface area contributed by atoms with Crippen LogP contribution in [0, 0.1) is 6.92 Å². The highest BCUT2D eigenvalue weighted by molar-refractivity contribution is 5.95. The van der Waals surface area contributed by atoms with E-state index in [1.165, 1.54) is 16.9 Å². The first-order valence-corrected chi connectivity index (χ1v) is 11.1. The van der Waals surface area contributed by atoms with Crippen molar-refractivity contribution in [3.8, 4) is 11.6 Å². The molecule has 0 unspecified atom stereocenters. The third-order valence-corrected chi connectivity index (χ3v) is 5.99. The smallest absolute Gasteiger partial charge is 0.417 e. The molecule has 1 aliphatic rings. The number of rotatable bonds is 7. The maximum absolute atomic E-state index is 13.0. The summed E-state index contributed by atoms with van der Waals surface area (Å²) in [7, 11) is 1.61. The molecule has 1 saturated heterocycles. The molecule has 3 heterocycles. The number of ether oxygens (including phenoxy) is 2. The number of morpholine rings is 1. The third-order valence-electron chi connectivity index (χ3n) is 5.99. The van der Waals surface area contributed by atoms with Gasteiger partial charge in [-0.05, 0) is 36.8 Å². The Bertz CT molecular complexity index is 1140. The fourth-order valence-corrected chi connectivity index (χ4v) is 4.00. The zero-order valence-corrected chi connectivity index (χ0v) is 19.4. The number of nitrogens with zero attached hydrogens (tertiary/aromatic N) is 4. The summed E-state index contributed by atoms with van der Waals surface area (Å²) in [6.45, 7) is 4.74. The van der Waals surface area contributed by atoms with Crippen LogP contribution in [0.1, 0.15) is 33.2 Å². The quantitative estimate of drug-likeness (QED) is 0.548. The monoisotopic (exact) mass is 489 g/mol. The van der Waals surface area contributed by atoms with Crippen molar-refractivity contribution in [2.45, 2.75) is 19.1 Å². The molecule has 1 aromatic carbocycles. The first kappa shape index (κ1) is 24.7. The van der Waals surface area contributed by atoms with Crippen molar-refractivity contribution in [2.75, 3.05) is 40.0 Å². The average molecular weight is 489 g/mol. The van der Waals surface area contributed by atoms with Crippen molar-refractivity contribution in [3.05, 3.63) is 71.2 Å². The standard InChI is InChI=1S/C24H26F3N5O3/c1-16-20(14-30-32(16)22-8-5-18(13-28-22)24(25,26)27)23(33)29-15-21(31-9-11-35-12-10-31)17-3-6-19(34-2)7-4-17/h3-8,13-14,21H,9-12,15H2,1-2H3,(H,29,33)/t21-/m0/s1. The van der Waals surface area contributed by atoms with E-state index < -0.39 is 11.7 Å². The van der Waals surface area contributed by atoms with Gasteiger partial charge >= 0.3 is 6.18 Å². The maximum atomic E-state index is 13.0. The normalized spacial score (nSPS) is 15.6. The number of nitrogens with one attached hydrogen (secondary N) is 1. The molecule has 2 aromatic heterocycles. The van der Waals surface area contributed by atoms with E-state index >= 15 is 0 Å². The van der Waals surface area contributed by atoms with E-state index in [1.807, 2.05) is 24.3 Å². The highest BCUT2D eigenvalue weighted by Gasteiger charge is 2.31. The van der Waals surface area contributed by atoms with E-state index in [1.54, 1.807) is 14.0 Å². The molecule has 0 aliphatic carbocycles. The average Bonchev–Trinajstić information content (AvgIpc) is 3.26. The number of carbonyl (C=O) groups is 1. The number of amides is 1. The van der Waals surface area contributed by atoms with Gasteiger partial charge < -0.3 is 14.8 Å². The van der Waals surface area contributed by atoms with E-state index in [-0.39, 0.29) is 17.8 Å². The van der Waals surface area contributed by atoms with Crippen LogP contribution < -0.4 is 10.1 Å². The zero-order valence-electron chi connectivity index (χ0n) is 19.4. The third kappa shape index (κ3) is 5.63. The predicted octanol–water partition coefficient (Wildman–Crippen LogP) is 3.41. The number of hydrogen-bond donors (Lipinski definition) is 1. The van der Waals surface area contributed by atoms with Gasteiger partial charge in [0.05, 0.1) is 49.4 Å². The molecule has 186 valence electrons. The van der Waals surface area contributed by atoms with Gasteiger partial charge in [0.2, 0.25) is 0 Å². The molecule has 1 N–H and O–H groups in total. The number of carbonyl (C=O) groups excluding carboxylic acids is 1. The van der Waals surface area contributed by atoms with Gasteiger partial charge in [0, 0.05) is 25.8 Å². The van der Waals surface area contributed by atoms with Crippen molar-refractivity contribution in [1.82, 2.24) is 25.0 Å². The molecule has 1 aliphatic heterocycles. The largest absolute Gasteiger partial charge is 0.497 e. The Morgan fingerprint density at radius 3 is 2.46 bits per heavy atom. The Hall–Kier alpha value is -3.44. The van der Waals surface area contributed by atoms with E-state index in [9.17, 15) is 18.0 Å². The highest BCUT2D eigenvalue weighted by atomic mass is 19.4. The number of methoxy groups -OCH3 is 1. The molecule has 0 bridgehead atoms. The van der Waals surface area contributed by atoms with Gasteiger partial charge in [-0.3, -0.25) is 9.69 Å². The van der Waals surface area contributed by atoms with E-state index in [2.05, 4.69) is 20.3 Å². The van der Waals surface area contributed by atoms with Crippen molar-refractivity contribution in [2.24, 2.45) is 0 Å². The molecule has 0 radical (unpaired) electrons. The predicted molar refractivity (Wildman–Crippen MR) is 122 cm³/mol. The van der Waals surface area contributed by atoms with Crippen LogP contribution in [0.15, 0.2) is 48.8 Å². The van der Waals surface area contributed by atoms with Crippen LogP contribution in [0.4, 0.5) is 13.2 Å². The molecular weight excluding hydrogens is 463 g/mol. The number of pyridine rings is 1. The summed E-state index contributed by atoms with van der Waals surface area (Å²) < 4.78 is 50.5. The lowest BCUT2D eigenvalue weighted by molar-refractivity contribution is -0.137. The van der Waals surface area contributed by atoms with Crippen molar-refractivity contribution in [1.29, 1.82) is 0 Å². The second-order valence-corrected chi connectivity index (χ2v) is 8.11. The van der Waals surface area contributed by atoms with Crippen LogP contribution in [0.3, 0.4) is 0 Å². The molecule has 1 fully saturated rings. The van der Waals surface area contributed by atoms with E-state index in [4.69, 9.17) is 9.47 Å². The number of halogens is 3. The molecule has 0 spiro atoms. The summed E-state index contributed by atoms with van der Waals surface area (Å²) in [4.78, 5) is 19.1. The zero-order chi connectivity index (χ0) is 25.0. The summed E-state index contributed by atoms with van der Waals surface area (Å²) in [6.07, 6.45) is -2.34. The minimum absolute atomic E-state index is 0.0688. The molecular formula is C24H26F3N5O3. The summed E-state index contributed by atoms with van der Waals surface area (Å²) in [5, 5.41) is 7.15. The summed E-state index contributed by atoms with van der Waals surface area (Å²) in [5.74, 6) is 0.616. The molecule has 8 nitrogen and oxygen atoms in total. The lowest BCUT2D eigenvalue weighted by Gasteiger charge is -2.35. The Labute approximate surface area is 200 Å². The fraction of sp³-hybridized carbons (Fsp3) is 0.375. The summed E-state index contributed by atoms with van der Waals surface area (Å²) in [5.41, 5.74) is 0.982. The molecule has 1 amide bonds. The molecule has 11 heteroatoms. The Morgan fingerprint density at radius 2 is 1.86 bits per heavy atom. The number of alkyl halides is 3. The van der Waals surface area contributed by atoms with Crippen LogP contribution in [0.25, 0.3) is 5.82 Å². The highest BCUT2D eigenvalue weighted by Crippen LogP contribution is 2.29. The minimum atomic E-state index is -4.48. The van der Waals surface area contributed by atoms with Crippen molar-refractivity contribution < 1.29 is 27.4 Å². The van der Waals surface area contributed by atoms with Crippen LogP contribution in [-0.4, -0.2) is 65.5 Å². The van der Waals surface area contributed by atoms with Gasteiger partial charge in [0.15, 0.2) is 5.82 Å². The van der Waals surface area contributed by atoms with E-state index in [0.29, 0.717) is 31.0 Å². The van der Waals surface area contributed by atoms with Gasteiger partial charge in [-0.25, -0.2) is 9.67 Å². The Kier molecular flexibility index (Phi) is 7.37. The van der Waals surface area contributed by atoms with Crippen LogP contribution in [-0.2, 0) is 10.9 Å². The number of hydrogen-bond acceptors (Lipinski definition) is 6. The van der Waals surface area contributed by atoms with Crippen molar-refractivity contribution >= 4 is 5.91 Å². The molecule has 35 heavy (non-hydrogen) atoms. The maximum Gasteiger partial charge on any atom is 0.417 e. The second-order valence-electron chi connectivity index (χ2n) is 8.11. The molecule has 3 aromatic rings. The lowest BCUT2D eigenvalue weighted by atomic mass is 10.0. The first-order chi connectivity index (χ1) is 16.8. The molecule has 0 saturated carbocycles. The first-order valence-electron chi connectivity index (χ1n) is 11.1. The second kappa shape index (κ2) is 10.4. The van der Waals surface area contributed by atoms with Crippen molar-refractivity contribution in [3.63, 3.8) is 0 Å². The van der Waals surface area contributed by atoms with Gasteiger partial charge in [-0.15, -0.1) is 0 Å². The van der Waals surface area contributed by atoms with Gasteiger partial charge in [-0.1, -0.05) is 12.1 Å². The van der Waals surface area contributed by atoms with E-state index in [0.717, 1.165) is 36.7 Å². The number of aromatic nitrogens is 3. The molecule has 4 rings (SSSR count). The Balaban J connectivity index is 1.49. The lowest BCUT2D eigenvalue weighted by Crippen LogP contribution is -2.43. The SMILES string of the molecule is COc1ccc([C@H](CNC(=O)c2cnn(-c3ccc(C(F)(F)F)cn3)c2C)N2CCOCC2)cc1. The minimum Gasteiger partial charge on any atom is -0.497 e. The summed E-state index contributed by atoms with van der Waals surface area (Å²) in [6, 6.07) is 9.81. The van der Waals surface area contributed by atoms with Crippen LogP contribution in [0.5, 0.6) is 5.75 Å².